The normalized spacial score (nSPS) is 15.3. The number of hydrogen-bond acceptors (Lipinski definition) is 15. The number of carbonyl (C=O) groups excluding carboxylic acids is 14. The third kappa shape index (κ3) is 28.7. The van der Waals surface area contributed by atoms with Gasteiger partial charge in [-0.15, -0.1) is 0 Å². The van der Waals surface area contributed by atoms with E-state index in [9.17, 15) is 72.2 Å². The molecule has 1 aromatic rings. The molecule has 1 fully saturated rings. The molecule has 0 spiro atoms. The van der Waals surface area contributed by atoms with Crippen molar-refractivity contribution >= 4 is 82.7 Å². The van der Waals surface area contributed by atoms with Crippen LogP contribution >= 0.6 is 0 Å². The van der Waals surface area contributed by atoms with Crippen molar-refractivity contribution < 1.29 is 72.2 Å². The van der Waals surface area contributed by atoms with Gasteiger partial charge in [-0.05, 0) is 119 Å². The lowest BCUT2D eigenvalue weighted by Crippen LogP contribution is -2.66. The molecule has 1 aliphatic heterocycles. The highest BCUT2D eigenvalue weighted by molar-refractivity contribution is 6.01. The second-order valence-electron chi connectivity index (χ2n) is 26.6. The molecule has 0 radical (unpaired) electrons. The van der Waals surface area contributed by atoms with E-state index in [1.807, 2.05) is 13.8 Å². The molecule has 0 saturated carbocycles. The van der Waals surface area contributed by atoms with Crippen LogP contribution in [0.15, 0.2) is 30.3 Å². The molecule has 1 heterocycles. The Morgan fingerprint density at radius 2 is 0.978 bits per heavy atom. The first-order valence-electron chi connectivity index (χ1n) is 32.2. The summed E-state index contributed by atoms with van der Waals surface area (Å²) in [6.07, 6.45) is 5.86. The average molecular weight is 1310 g/mol. The summed E-state index contributed by atoms with van der Waals surface area (Å²) < 4.78 is 0. The third-order valence-electron chi connectivity index (χ3n) is 15.7. The molecule has 93 heavy (non-hydrogen) atoms. The van der Waals surface area contributed by atoms with Crippen molar-refractivity contribution in [2.24, 2.45) is 23.1 Å². The number of benzene rings is 1. The van der Waals surface area contributed by atoms with Crippen molar-refractivity contribution in [1.29, 1.82) is 0 Å². The van der Waals surface area contributed by atoms with Crippen LogP contribution in [0.5, 0.6) is 0 Å². The molecule has 2 rings (SSSR count). The van der Waals surface area contributed by atoms with Crippen molar-refractivity contribution in [1.82, 2.24) is 58.1 Å². The molecule has 522 valence electrons. The Morgan fingerprint density at radius 3 is 1.47 bits per heavy atom. The minimum atomic E-state index is -1.92. The first-order valence-corrected chi connectivity index (χ1v) is 32.2. The Morgan fingerprint density at radius 1 is 0.516 bits per heavy atom. The number of carbonyl (C=O) groups is 14. The van der Waals surface area contributed by atoms with Gasteiger partial charge in [-0.25, -0.2) is 0 Å². The summed E-state index contributed by atoms with van der Waals surface area (Å²) in [6.45, 7) is 17.9. The van der Waals surface area contributed by atoms with Crippen molar-refractivity contribution in [3.8, 4) is 0 Å². The number of nitrogens with two attached hydrogens (primary N) is 3. The van der Waals surface area contributed by atoms with E-state index in [0.717, 1.165) is 38.5 Å². The van der Waals surface area contributed by atoms with Crippen LogP contribution < -0.4 is 70.4 Å². The van der Waals surface area contributed by atoms with Crippen molar-refractivity contribution in [3.63, 3.8) is 0 Å². The van der Waals surface area contributed by atoms with E-state index >= 15 is 0 Å². The molecule has 1 saturated heterocycles. The molecule has 0 aromatic heterocycles. The van der Waals surface area contributed by atoms with Gasteiger partial charge in [0.05, 0.1) is 12.6 Å². The number of hydrogen-bond donors (Lipinski definition) is 14. The van der Waals surface area contributed by atoms with Crippen LogP contribution in [0, 0.1) is 5.92 Å². The van der Waals surface area contributed by atoms with Gasteiger partial charge in [0.2, 0.25) is 82.7 Å². The van der Waals surface area contributed by atoms with E-state index in [0.29, 0.717) is 24.8 Å². The molecular formula is C64H106N14O15. The van der Waals surface area contributed by atoms with Gasteiger partial charge in [0.25, 0.3) is 0 Å². The largest absolute Gasteiger partial charge is 0.394 e. The fourth-order valence-electron chi connectivity index (χ4n) is 10.1. The number of rotatable bonds is 42. The van der Waals surface area contributed by atoms with Gasteiger partial charge in [-0.3, -0.25) is 67.1 Å². The van der Waals surface area contributed by atoms with Crippen LogP contribution in [-0.2, 0) is 73.5 Å². The van der Waals surface area contributed by atoms with E-state index in [-0.39, 0.29) is 57.1 Å². The summed E-state index contributed by atoms with van der Waals surface area (Å²) in [5.74, 6) is -11.3. The number of amides is 14. The van der Waals surface area contributed by atoms with Crippen LogP contribution in [0.2, 0.25) is 0 Å². The van der Waals surface area contributed by atoms with E-state index in [1.165, 1.54) is 53.4 Å². The lowest BCUT2D eigenvalue weighted by atomic mass is 9.97. The highest BCUT2D eigenvalue weighted by Crippen LogP contribution is 2.23. The Balaban J connectivity index is 2.32. The quantitative estimate of drug-likeness (QED) is 0.0374. The number of primary amides is 3. The molecule has 0 aliphatic carbocycles. The first-order chi connectivity index (χ1) is 43.3. The van der Waals surface area contributed by atoms with Gasteiger partial charge in [-0.2, -0.15) is 0 Å². The molecule has 1 aromatic carbocycles. The van der Waals surface area contributed by atoms with Crippen molar-refractivity contribution in [3.05, 3.63) is 35.9 Å². The van der Waals surface area contributed by atoms with E-state index in [2.05, 4.69) is 60.1 Å². The number of nitrogens with one attached hydrogen (secondary N) is 10. The Hall–Kier alpha value is -8.24. The van der Waals surface area contributed by atoms with Crippen LogP contribution in [0.4, 0.5) is 0 Å². The molecule has 14 amide bonds. The number of likely N-dealkylation sites (tertiary alicyclic amines) is 1. The smallest absolute Gasteiger partial charge is 0.248 e. The Bertz CT molecular complexity index is 2770. The first kappa shape index (κ1) is 80.9. The zero-order valence-corrected chi connectivity index (χ0v) is 56.5. The van der Waals surface area contributed by atoms with Crippen LogP contribution in [0.25, 0.3) is 0 Å². The van der Waals surface area contributed by atoms with Gasteiger partial charge in [0.15, 0.2) is 0 Å². The summed E-state index contributed by atoms with van der Waals surface area (Å²) in [5.41, 5.74) is 9.85. The number of aliphatic hydroxyl groups is 1. The molecule has 0 bridgehead atoms. The second-order valence-corrected chi connectivity index (χ2v) is 26.6. The monoisotopic (exact) mass is 1310 g/mol. The van der Waals surface area contributed by atoms with Crippen LogP contribution in [0.1, 0.15) is 198 Å². The van der Waals surface area contributed by atoms with Gasteiger partial charge in [0.1, 0.15) is 58.4 Å². The molecular weight excluding hydrogens is 1200 g/mol. The maximum atomic E-state index is 14.4. The zero-order valence-electron chi connectivity index (χ0n) is 56.5. The molecule has 1 aliphatic rings. The predicted molar refractivity (Wildman–Crippen MR) is 345 cm³/mol. The SMILES string of the molecule is CCCCCCCCCC(=O)NC(C)(C)C(=O)N1CCC[C@@H]1C(=O)N[C@@H](Cc1ccccc1)C(=O)NC(C)(C)C(=O)N[C@@H](CCC(N)=O)C(=O)N[C@@H](CCC(N)=O)C(=O)NC(C)(C)C(=O)NC(C)(C)C(=O)N[C@@H](CCC(N)=O)C(=O)N[C@@H](C)C(=O)N[C@H](CO)CC(C)C. The number of nitrogens with zero attached hydrogens (tertiary/aromatic N) is 1. The zero-order chi connectivity index (χ0) is 70.6. The van der Waals surface area contributed by atoms with Gasteiger partial charge >= 0.3 is 0 Å². The van der Waals surface area contributed by atoms with Crippen molar-refractivity contribution in [2.75, 3.05) is 13.2 Å². The standard InChI is InChI=1S/C64H106N14O15/c1-13-14-15-16-17-18-22-27-50(83)74-64(11,12)60(93)78-34-23-26-46(78)56(89)71-45(36-40-24-20-19-21-25-40)55(88)76-61(5,6)57(90)73-43(29-32-48(66)81)53(86)70-44(30-33-49(67)82)54(87)75-63(9,10)59(92)77-62(7,8)58(91)72-42(28-31-47(65)80)52(85)68-39(4)51(84)69-41(37-79)35-38(2)3/h19-21,24-25,38-39,41-46,79H,13-18,22-23,26-37H2,1-12H3,(H2,65,80)(H2,66,81)(H2,67,82)(H,68,85)(H,69,84)(H,70,86)(H,71,89)(H,72,91)(H,73,90)(H,74,83)(H,75,87)(H,76,88)(H,77,92)/t39-,41-,42-,43-,44-,45-,46+/m0/s1. The summed E-state index contributed by atoms with van der Waals surface area (Å²) >= 11 is 0. The minimum absolute atomic E-state index is 0.0722. The van der Waals surface area contributed by atoms with Gasteiger partial charge < -0.3 is 80.4 Å². The number of aliphatic hydroxyl groups excluding tert-OH is 1. The number of unbranched alkanes of at least 4 members (excludes halogenated alkanes) is 6. The maximum absolute atomic E-state index is 14.4. The van der Waals surface area contributed by atoms with Crippen molar-refractivity contribution in [2.45, 2.75) is 263 Å². The average Bonchev–Trinajstić information content (AvgIpc) is 1.81. The molecule has 0 unspecified atom stereocenters. The highest BCUT2D eigenvalue weighted by atomic mass is 16.3. The molecule has 17 N–H and O–H groups in total. The highest BCUT2D eigenvalue weighted by Gasteiger charge is 2.44. The summed E-state index contributed by atoms with van der Waals surface area (Å²) in [4.78, 5) is 190. The predicted octanol–water partition coefficient (Wildman–Crippen LogP) is -0.296. The lowest BCUT2D eigenvalue weighted by molar-refractivity contribution is -0.145. The van der Waals surface area contributed by atoms with Crippen LogP contribution in [-0.4, -0.2) is 170 Å². The Labute approximate surface area is 546 Å². The lowest BCUT2D eigenvalue weighted by Gasteiger charge is -2.34. The summed E-state index contributed by atoms with van der Waals surface area (Å²) in [5, 5.41) is 35.5. The minimum Gasteiger partial charge on any atom is -0.394 e. The van der Waals surface area contributed by atoms with Crippen LogP contribution in [0.3, 0.4) is 0 Å². The van der Waals surface area contributed by atoms with E-state index < -0.39 is 167 Å². The van der Waals surface area contributed by atoms with E-state index in [4.69, 9.17) is 17.2 Å². The maximum Gasteiger partial charge on any atom is 0.248 e. The molecule has 29 nitrogen and oxygen atoms in total. The summed E-state index contributed by atoms with van der Waals surface area (Å²) in [6, 6.07) is -0.235. The molecule has 7 atom stereocenters. The third-order valence-corrected chi connectivity index (χ3v) is 15.7. The van der Waals surface area contributed by atoms with Gasteiger partial charge in [-0.1, -0.05) is 89.6 Å². The molecule has 29 heteroatoms. The summed E-state index contributed by atoms with van der Waals surface area (Å²) in [7, 11) is 0. The fraction of sp³-hybridized carbons (Fsp3) is 0.688. The second kappa shape index (κ2) is 38.1. The Kier molecular flexibility index (Phi) is 33.1. The fourth-order valence-corrected chi connectivity index (χ4v) is 10.1. The van der Waals surface area contributed by atoms with E-state index in [1.54, 1.807) is 44.2 Å². The van der Waals surface area contributed by atoms with Gasteiger partial charge in [0, 0.05) is 38.6 Å². The topological polar surface area (TPSA) is 461 Å².